The lowest BCUT2D eigenvalue weighted by Gasteiger charge is -2.21. The van der Waals surface area contributed by atoms with Crippen molar-refractivity contribution in [1.29, 1.82) is 0 Å². The fourth-order valence-electron chi connectivity index (χ4n) is 3.02. The maximum atomic E-state index is 13.0. The third kappa shape index (κ3) is 3.92. The van der Waals surface area contributed by atoms with Crippen LogP contribution in [0, 0.1) is 5.82 Å². The quantitative estimate of drug-likeness (QED) is 0.885. The average molecular weight is 358 g/mol. The van der Waals surface area contributed by atoms with Gasteiger partial charge in [0.25, 0.3) is 11.8 Å². The van der Waals surface area contributed by atoms with Gasteiger partial charge in [0.2, 0.25) is 0 Å². The van der Waals surface area contributed by atoms with Crippen LogP contribution in [0.4, 0.5) is 10.1 Å². The Hall–Kier alpha value is -2.70. The van der Waals surface area contributed by atoms with Crippen molar-refractivity contribution < 1.29 is 14.0 Å². The van der Waals surface area contributed by atoms with E-state index < -0.39 is 11.4 Å². The molecule has 0 bridgehead atoms. The molecule has 1 aromatic heterocycles. The lowest BCUT2D eigenvalue weighted by molar-refractivity contribution is 0.0913. The van der Waals surface area contributed by atoms with Crippen molar-refractivity contribution in [2.75, 3.05) is 5.32 Å². The first-order valence-electron chi connectivity index (χ1n) is 8.73. The fraction of sp³-hybridized carbons (Fsp3) is 0.421. The van der Waals surface area contributed by atoms with Gasteiger partial charge in [0.1, 0.15) is 11.5 Å². The zero-order valence-electron chi connectivity index (χ0n) is 15.2. The minimum Gasteiger partial charge on any atom is -0.346 e. The molecule has 26 heavy (non-hydrogen) atoms. The molecule has 7 heteroatoms. The molecular weight excluding hydrogens is 335 g/mol. The van der Waals surface area contributed by atoms with Gasteiger partial charge in [-0.25, -0.2) is 9.37 Å². The van der Waals surface area contributed by atoms with E-state index in [0.717, 1.165) is 18.5 Å². The third-order valence-electron chi connectivity index (χ3n) is 4.13. The minimum absolute atomic E-state index is 0.211. The molecule has 2 N–H and O–H groups in total. The van der Waals surface area contributed by atoms with E-state index in [4.69, 9.17) is 0 Å². The average Bonchev–Trinajstić information content (AvgIpc) is 2.95. The van der Waals surface area contributed by atoms with E-state index in [1.54, 1.807) is 0 Å². The summed E-state index contributed by atoms with van der Waals surface area (Å²) in [5, 5.41) is 5.62. The highest BCUT2D eigenvalue weighted by atomic mass is 19.1. The van der Waals surface area contributed by atoms with Gasteiger partial charge in [-0.3, -0.25) is 9.59 Å². The van der Waals surface area contributed by atoms with Crippen LogP contribution < -0.4 is 10.6 Å². The molecule has 1 aromatic carbocycles. The SMILES string of the molecule is CC(C)(C)NC(=O)c1nc(C(=O)Nc2ccc(F)cc2)n2c1CCCC2. The number of anilines is 1. The molecule has 2 heterocycles. The molecule has 0 saturated carbocycles. The number of rotatable bonds is 3. The molecule has 2 amide bonds. The Kier molecular flexibility index (Phi) is 4.80. The van der Waals surface area contributed by atoms with Crippen molar-refractivity contribution in [3.05, 3.63) is 47.3 Å². The number of hydrogen-bond donors (Lipinski definition) is 2. The maximum Gasteiger partial charge on any atom is 0.291 e. The van der Waals surface area contributed by atoms with Crippen molar-refractivity contribution in [3.63, 3.8) is 0 Å². The summed E-state index contributed by atoms with van der Waals surface area (Å²) in [7, 11) is 0. The van der Waals surface area contributed by atoms with Gasteiger partial charge in [-0.1, -0.05) is 0 Å². The summed E-state index contributed by atoms with van der Waals surface area (Å²) in [6.07, 6.45) is 2.60. The summed E-state index contributed by atoms with van der Waals surface area (Å²) in [5.41, 5.74) is 1.19. The lowest BCUT2D eigenvalue weighted by Crippen LogP contribution is -2.41. The minimum atomic E-state index is -0.408. The monoisotopic (exact) mass is 358 g/mol. The van der Waals surface area contributed by atoms with Gasteiger partial charge in [0.15, 0.2) is 5.82 Å². The largest absolute Gasteiger partial charge is 0.346 e. The summed E-state index contributed by atoms with van der Waals surface area (Å²) in [5.74, 6) is -0.844. The molecule has 6 nitrogen and oxygen atoms in total. The third-order valence-corrected chi connectivity index (χ3v) is 4.13. The number of amides is 2. The molecule has 138 valence electrons. The number of nitrogens with zero attached hydrogens (tertiary/aromatic N) is 2. The molecular formula is C19H23FN4O2. The molecule has 0 fully saturated rings. The van der Waals surface area contributed by atoms with Crippen LogP contribution in [0.25, 0.3) is 0 Å². The van der Waals surface area contributed by atoms with Gasteiger partial charge in [-0.2, -0.15) is 0 Å². The van der Waals surface area contributed by atoms with E-state index in [-0.39, 0.29) is 17.5 Å². The Morgan fingerprint density at radius 1 is 1.12 bits per heavy atom. The topological polar surface area (TPSA) is 76.0 Å². The van der Waals surface area contributed by atoms with Crippen LogP contribution in [0.5, 0.6) is 0 Å². The lowest BCUT2D eigenvalue weighted by atomic mass is 10.1. The van der Waals surface area contributed by atoms with Gasteiger partial charge in [-0.05, 0) is 64.3 Å². The Bertz CT molecular complexity index is 834. The first kappa shape index (κ1) is 18.1. The smallest absolute Gasteiger partial charge is 0.291 e. The number of benzene rings is 1. The molecule has 3 rings (SSSR count). The fourth-order valence-corrected chi connectivity index (χ4v) is 3.02. The molecule has 0 saturated heterocycles. The van der Waals surface area contributed by atoms with Crippen LogP contribution in [0.3, 0.4) is 0 Å². The molecule has 2 aromatic rings. The summed E-state index contributed by atoms with van der Waals surface area (Å²) in [4.78, 5) is 29.6. The highest BCUT2D eigenvalue weighted by Crippen LogP contribution is 2.22. The van der Waals surface area contributed by atoms with E-state index in [2.05, 4.69) is 15.6 Å². The number of hydrogen-bond acceptors (Lipinski definition) is 3. The molecule has 0 unspecified atom stereocenters. The van der Waals surface area contributed by atoms with Gasteiger partial charge >= 0.3 is 0 Å². The molecule has 1 aliphatic heterocycles. The van der Waals surface area contributed by atoms with Gasteiger partial charge in [-0.15, -0.1) is 0 Å². The number of aromatic nitrogens is 2. The molecule has 0 spiro atoms. The standard InChI is InChI=1S/C19H23FN4O2/c1-19(2,3)23-17(25)15-14-6-4-5-11-24(14)16(22-15)18(26)21-13-9-7-12(20)8-10-13/h7-10H,4-6,11H2,1-3H3,(H,21,26)(H,23,25). The van der Waals surface area contributed by atoms with Gasteiger partial charge < -0.3 is 15.2 Å². The van der Waals surface area contributed by atoms with E-state index in [1.807, 2.05) is 25.3 Å². The Labute approximate surface area is 151 Å². The van der Waals surface area contributed by atoms with Crippen LogP contribution in [-0.4, -0.2) is 26.9 Å². The van der Waals surface area contributed by atoms with E-state index in [9.17, 15) is 14.0 Å². The van der Waals surface area contributed by atoms with Crippen molar-refractivity contribution >= 4 is 17.5 Å². The van der Waals surface area contributed by atoms with Crippen molar-refractivity contribution in [1.82, 2.24) is 14.9 Å². The zero-order chi connectivity index (χ0) is 18.9. The van der Waals surface area contributed by atoms with Gasteiger partial charge in [0, 0.05) is 17.8 Å². The summed E-state index contributed by atoms with van der Waals surface area (Å²) in [6.45, 7) is 6.35. The first-order valence-corrected chi connectivity index (χ1v) is 8.73. The Morgan fingerprint density at radius 3 is 2.46 bits per heavy atom. The van der Waals surface area contributed by atoms with E-state index in [0.29, 0.717) is 24.3 Å². The van der Waals surface area contributed by atoms with E-state index in [1.165, 1.54) is 24.3 Å². The number of halogens is 1. The second kappa shape index (κ2) is 6.90. The number of fused-ring (bicyclic) bond motifs is 1. The molecule has 0 atom stereocenters. The maximum absolute atomic E-state index is 13.0. The number of carbonyl (C=O) groups excluding carboxylic acids is 2. The zero-order valence-corrected chi connectivity index (χ0v) is 15.2. The molecule has 0 radical (unpaired) electrons. The Balaban J connectivity index is 1.90. The van der Waals surface area contributed by atoms with Crippen molar-refractivity contribution in [3.8, 4) is 0 Å². The molecule has 1 aliphatic rings. The number of imidazole rings is 1. The summed E-state index contributed by atoms with van der Waals surface area (Å²) in [6, 6.07) is 5.53. The molecule has 0 aliphatic carbocycles. The van der Waals surface area contributed by atoms with Crippen LogP contribution in [0.1, 0.15) is 60.4 Å². The van der Waals surface area contributed by atoms with Crippen LogP contribution >= 0.6 is 0 Å². The normalized spacial score (nSPS) is 13.8. The van der Waals surface area contributed by atoms with Crippen molar-refractivity contribution in [2.24, 2.45) is 0 Å². The van der Waals surface area contributed by atoms with Crippen molar-refractivity contribution in [2.45, 2.75) is 52.1 Å². The second-order valence-corrected chi connectivity index (χ2v) is 7.50. The number of nitrogens with one attached hydrogen (secondary N) is 2. The van der Waals surface area contributed by atoms with E-state index >= 15 is 0 Å². The second-order valence-electron chi connectivity index (χ2n) is 7.50. The Morgan fingerprint density at radius 2 is 1.81 bits per heavy atom. The van der Waals surface area contributed by atoms with Gasteiger partial charge in [0.05, 0.1) is 5.69 Å². The number of carbonyl (C=O) groups is 2. The summed E-state index contributed by atoms with van der Waals surface area (Å²) < 4.78 is 14.8. The van der Waals surface area contributed by atoms with Crippen LogP contribution in [0.2, 0.25) is 0 Å². The summed E-state index contributed by atoms with van der Waals surface area (Å²) >= 11 is 0. The first-order chi connectivity index (χ1) is 12.2. The highest BCUT2D eigenvalue weighted by Gasteiger charge is 2.29. The van der Waals surface area contributed by atoms with Crippen LogP contribution in [-0.2, 0) is 13.0 Å². The highest BCUT2D eigenvalue weighted by molar-refractivity contribution is 6.03. The predicted octanol–water partition coefficient (Wildman–Crippen LogP) is 3.14. The predicted molar refractivity (Wildman–Crippen MR) is 96.7 cm³/mol. The van der Waals surface area contributed by atoms with Crippen LogP contribution in [0.15, 0.2) is 24.3 Å².